The first kappa shape index (κ1) is 7.47. The Kier molecular flexibility index (Phi) is 1.90. The van der Waals surface area contributed by atoms with Gasteiger partial charge in [0.2, 0.25) is 0 Å². The minimum Gasteiger partial charge on any atom is -0.185 e. The summed E-state index contributed by atoms with van der Waals surface area (Å²) in [5.74, 6) is 0.644. The molecule has 0 saturated heterocycles. The summed E-state index contributed by atoms with van der Waals surface area (Å²) in [6.07, 6.45) is 11.4. The fourth-order valence-electron chi connectivity index (χ4n) is 1.21. The highest BCUT2D eigenvalue weighted by Gasteiger charge is 2.34. The van der Waals surface area contributed by atoms with Crippen LogP contribution in [0.25, 0.3) is 0 Å². The lowest BCUT2D eigenvalue weighted by molar-refractivity contribution is 0.895. The average molecular weight is 160 g/mol. The first-order chi connectivity index (χ1) is 5.86. The summed E-state index contributed by atoms with van der Waals surface area (Å²) in [7, 11) is 0. The van der Waals surface area contributed by atoms with Crippen LogP contribution in [0, 0.1) is 5.92 Å². The first-order valence-corrected chi connectivity index (χ1v) is 4.28. The van der Waals surface area contributed by atoms with Gasteiger partial charge in [-0.05, 0) is 18.9 Å². The van der Waals surface area contributed by atoms with Gasteiger partial charge in [0.15, 0.2) is 0 Å². The molecular formula is C10H12N2. The van der Waals surface area contributed by atoms with E-state index in [9.17, 15) is 0 Å². The number of allylic oxidation sites excluding steroid dienone is 4. The molecular weight excluding hydrogens is 148 g/mol. The van der Waals surface area contributed by atoms with E-state index in [0.717, 1.165) is 5.57 Å². The third-order valence-electron chi connectivity index (χ3n) is 2.11. The van der Waals surface area contributed by atoms with Gasteiger partial charge >= 0.3 is 0 Å². The van der Waals surface area contributed by atoms with E-state index in [1.165, 1.54) is 6.42 Å². The van der Waals surface area contributed by atoms with Crippen molar-refractivity contribution in [2.24, 2.45) is 16.1 Å². The van der Waals surface area contributed by atoms with E-state index in [1.807, 2.05) is 19.2 Å². The second-order valence-corrected chi connectivity index (χ2v) is 3.31. The molecule has 2 atom stereocenters. The van der Waals surface area contributed by atoms with Gasteiger partial charge in [0.05, 0.1) is 12.2 Å². The Labute approximate surface area is 72.4 Å². The molecule has 2 aliphatic rings. The molecule has 2 heteroatoms. The lowest BCUT2D eigenvalue weighted by atomic mass is 10.2. The highest BCUT2D eigenvalue weighted by atomic mass is 15.1. The Morgan fingerprint density at radius 3 is 3.25 bits per heavy atom. The van der Waals surface area contributed by atoms with Crippen molar-refractivity contribution in [2.45, 2.75) is 19.4 Å². The maximum Gasteiger partial charge on any atom is 0.0782 e. The second-order valence-electron chi connectivity index (χ2n) is 3.31. The molecule has 0 N–H and O–H groups in total. The van der Waals surface area contributed by atoms with Gasteiger partial charge in [-0.1, -0.05) is 24.3 Å². The molecule has 2 unspecified atom stereocenters. The molecule has 2 nitrogen and oxygen atoms in total. The van der Waals surface area contributed by atoms with Crippen molar-refractivity contribution in [3.05, 3.63) is 36.1 Å². The summed E-state index contributed by atoms with van der Waals surface area (Å²) >= 11 is 0. The van der Waals surface area contributed by atoms with E-state index < -0.39 is 0 Å². The Morgan fingerprint density at radius 1 is 1.42 bits per heavy atom. The topological polar surface area (TPSA) is 24.7 Å². The Bertz CT molecular complexity index is 284. The number of hydrogen-bond acceptors (Lipinski definition) is 2. The van der Waals surface area contributed by atoms with Crippen LogP contribution in [0.2, 0.25) is 0 Å². The van der Waals surface area contributed by atoms with Crippen LogP contribution in [0.5, 0.6) is 0 Å². The average Bonchev–Trinajstić information content (AvgIpc) is 2.78. The number of rotatable bonds is 0. The van der Waals surface area contributed by atoms with Crippen molar-refractivity contribution in [1.82, 2.24) is 0 Å². The molecule has 0 radical (unpaired) electrons. The predicted molar refractivity (Wildman–Crippen MR) is 48.8 cm³/mol. The zero-order valence-corrected chi connectivity index (χ0v) is 7.14. The van der Waals surface area contributed by atoms with Gasteiger partial charge in [0.25, 0.3) is 0 Å². The first-order valence-electron chi connectivity index (χ1n) is 4.28. The molecule has 1 aliphatic heterocycles. The molecule has 1 fully saturated rings. The smallest absolute Gasteiger partial charge is 0.0782 e. The summed E-state index contributed by atoms with van der Waals surface area (Å²) in [4.78, 5) is 0. The minimum absolute atomic E-state index is 0.455. The molecule has 0 spiro atoms. The van der Waals surface area contributed by atoms with Crippen LogP contribution in [0.1, 0.15) is 13.3 Å². The Morgan fingerprint density at radius 2 is 2.33 bits per heavy atom. The standard InChI is InChI=1S/C10H12N2/c1-8-4-2-3-5-9-6-10(9)12-11-7-8/h2-5,7,9-10H,6H2,1H3/b4-2?,5-3+,8-7?,12-11?. The Balaban J connectivity index is 2.17. The van der Waals surface area contributed by atoms with E-state index in [4.69, 9.17) is 0 Å². The number of azo groups is 1. The van der Waals surface area contributed by atoms with Crippen molar-refractivity contribution in [1.29, 1.82) is 0 Å². The van der Waals surface area contributed by atoms with Gasteiger partial charge in [0, 0.05) is 5.92 Å². The molecule has 1 saturated carbocycles. The van der Waals surface area contributed by atoms with Crippen LogP contribution < -0.4 is 0 Å². The van der Waals surface area contributed by atoms with E-state index >= 15 is 0 Å². The van der Waals surface area contributed by atoms with Gasteiger partial charge < -0.3 is 0 Å². The highest BCUT2D eigenvalue weighted by Crippen LogP contribution is 2.35. The van der Waals surface area contributed by atoms with Gasteiger partial charge in [-0.25, -0.2) is 0 Å². The van der Waals surface area contributed by atoms with Crippen molar-refractivity contribution < 1.29 is 0 Å². The number of fused-ring (bicyclic) bond motifs is 1. The summed E-state index contributed by atoms with van der Waals surface area (Å²) in [5.41, 5.74) is 1.14. The van der Waals surface area contributed by atoms with Crippen LogP contribution >= 0.6 is 0 Å². The highest BCUT2D eigenvalue weighted by molar-refractivity contribution is 5.22. The van der Waals surface area contributed by atoms with E-state index in [1.54, 1.807) is 0 Å². The van der Waals surface area contributed by atoms with E-state index in [-0.39, 0.29) is 0 Å². The maximum atomic E-state index is 4.17. The molecule has 2 rings (SSSR count). The molecule has 0 aromatic carbocycles. The fraction of sp³-hybridized carbons (Fsp3) is 0.400. The predicted octanol–water partition coefficient (Wildman–Crippen LogP) is 2.86. The zero-order chi connectivity index (χ0) is 8.39. The van der Waals surface area contributed by atoms with Crippen molar-refractivity contribution in [3.63, 3.8) is 0 Å². The normalized spacial score (nSPS) is 35.2. The molecule has 12 heavy (non-hydrogen) atoms. The van der Waals surface area contributed by atoms with Crippen molar-refractivity contribution in [2.75, 3.05) is 0 Å². The third-order valence-corrected chi connectivity index (χ3v) is 2.11. The van der Waals surface area contributed by atoms with Gasteiger partial charge in [-0.2, -0.15) is 10.2 Å². The van der Waals surface area contributed by atoms with E-state index in [0.29, 0.717) is 12.0 Å². The number of hydrogen-bond donors (Lipinski definition) is 0. The van der Waals surface area contributed by atoms with Crippen LogP contribution in [0.3, 0.4) is 0 Å². The third kappa shape index (κ3) is 1.70. The fourth-order valence-corrected chi connectivity index (χ4v) is 1.21. The summed E-state index contributed by atoms with van der Waals surface area (Å²) in [6, 6.07) is 0.455. The second kappa shape index (κ2) is 3.05. The SMILES string of the molecule is CC1=CN=NC2CC2/C=C/C=C1. The minimum atomic E-state index is 0.455. The maximum absolute atomic E-state index is 4.17. The van der Waals surface area contributed by atoms with Crippen molar-refractivity contribution >= 4 is 0 Å². The van der Waals surface area contributed by atoms with E-state index in [2.05, 4.69) is 28.5 Å². The molecule has 0 bridgehead atoms. The molecule has 1 aliphatic carbocycles. The molecule has 0 aromatic heterocycles. The largest absolute Gasteiger partial charge is 0.185 e. The van der Waals surface area contributed by atoms with Crippen LogP contribution in [0.4, 0.5) is 0 Å². The molecule has 0 aromatic rings. The van der Waals surface area contributed by atoms with Crippen LogP contribution in [-0.2, 0) is 0 Å². The van der Waals surface area contributed by atoms with Gasteiger partial charge in [-0.3, -0.25) is 0 Å². The quantitative estimate of drug-likeness (QED) is 0.520. The van der Waals surface area contributed by atoms with Crippen LogP contribution in [-0.4, -0.2) is 6.04 Å². The van der Waals surface area contributed by atoms with Gasteiger partial charge in [-0.15, -0.1) is 0 Å². The molecule has 0 amide bonds. The van der Waals surface area contributed by atoms with Crippen LogP contribution in [0.15, 0.2) is 46.3 Å². The lowest BCUT2D eigenvalue weighted by Gasteiger charge is -1.89. The van der Waals surface area contributed by atoms with Crippen molar-refractivity contribution in [3.8, 4) is 0 Å². The monoisotopic (exact) mass is 160 g/mol. The Hall–Kier alpha value is -1.18. The lowest BCUT2D eigenvalue weighted by Crippen LogP contribution is -1.78. The molecule has 62 valence electrons. The number of nitrogens with zero attached hydrogens (tertiary/aromatic N) is 2. The summed E-state index contributed by atoms with van der Waals surface area (Å²) in [6.45, 7) is 2.02. The zero-order valence-electron chi connectivity index (χ0n) is 7.14. The summed E-state index contributed by atoms with van der Waals surface area (Å²) in [5, 5.41) is 8.19. The van der Waals surface area contributed by atoms with Gasteiger partial charge in [0.1, 0.15) is 0 Å². The summed E-state index contributed by atoms with van der Waals surface area (Å²) < 4.78 is 0. The molecule has 1 heterocycles.